The molecule has 4 aromatic carbocycles. The van der Waals surface area contributed by atoms with Gasteiger partial charge in [0.1, 0.15) is 6.54 Å². The van der Waals surface area contributed by atoms with Gasteiger partial charge in [-0.25, -0.2) is 8.42 Å². The zero-order valence-corrected chi connectivity index (χ0v) is 31.7. The molecule has 1 amide bonds. The SMILES string of the molecule is C(Cc1ccccc1)=Nc1ccccc1.CC(=O)N(/C=C/C1=[N+](CCCCS(=O)(=O)[O-])c2ccccc2C1(C)C)c1ccccc1.CC(=O)OC(C)=O. The molecular formula is C42H47N3O7S. The Bertz CT molecular complexity index is 2000. The molecule has 0 saturated carbocycles. The first-order valence-electron chi connectivity index (χ1n) is 17.2. The van der Waals surface area contributed by atoms with Gasteiger partial charge in [0.15, 0.2) is 5.71 Å². The van der Waals surface area contributed by atoms with Crippen LogP contribution in [-0.2, 0) is 41.1 Å². The molecule has 0 spiro atoms. The van der Waals surface area contributed by atoms with Crippen LogP contribution >= 0.6 is 0 Å². The largest absolute Gasteiger partial charge is 0.748 e. The van der Waals surface area contributed by atoms with E-state index in [-0.39, 0.29) is 17.1 Å². The van der Waals surface area contributed by atoms with Crippen molar-refractivity contribution in [2.24, 2.45) is 4.99 Å². The Kier molecular flexibility index (Phi) is 16.2. The molecule has 0 unspecified atom stereocenters. The summed E-state index contributed by atoms with van der Waals surface area (Å²) in [6.45, 7) is 8.74. The second kappa shape index (κ2) is 20.5. The summed E-state index contributed by atoms with van der Waals surface area (Å²) in [6, 6.07) is 37.9. The number of nitrogens with zero attached hydrogens (tertiary/aromatic N) is 3. The van der Waals surface area contributed by atoms with Gasteiger partial charge < -0.3 is 9.29 Å². The van der Waals surface area contributed by atoms with Gasteiger partial charge in [-0.1, -0.05) is 84.9 Å². The second-order valence-corrected chi connectivity index (χ2v) is 14.1. The lowest BCUT2D eigenvalue weighted by molar-refractivity contribution is -0.438. The van der Waals surface area contributed by atoms with Crippen molar-refractivity contribution in [3.05, 3.63) is 139 Å². The van der Waals surface area contributed by atoms with Crippen LogP contribution in [0.4, 0.5) is 17.1 Å². The summed E-state index contributed by atoms with van der Waals surface area (Å²) >= 11 is 0. The predicted molar refractivity (Wildman–Crippen MR) is 209 cm³/mol. The van der Waals surface area contributed by atoms with Crippen LogP contribution < -0.4 is 4.90 Å². The van der Waals surface area contributed by atoms with E-state index in [1.54, 1.807) is 11.1 Å². The summed E-state index contributed by atoms with van der Waals surface area (Å²) in [4.78, 5) is 37.9. The summed E-state index contributed by atoms with van der Waals surface area (Å²) in [6.07, 6.45) is 7.46. The van der Waals surface area contributed by atoms with Crippen molar-refractivity contribution in [1.29, 1.82) is 0 Å². The molecule has 10 nitrogen and oxygen atoms in total. The smallest absolute Gasteiger partial charge is 0.310 e. The number of ether oxygens (including phenoxy) is 1. The van der Waals surface area contributed by atoms with Gasteiger partial charge in [-0.3, -0.25) is 24.3 Å². The van der Waals surface area contributed by atoms with Crippen molar-refractivity contribution in [3.8, 4) is 0 Å². The van der Waals surface area contributed by atoms with Gasteiger partial charge in [0.25, 0.3) is 0 Å². The van der Waals surface area contributed by atoms with Gasteiger partial charge in [-0.2, -0.15) is 4.58 Å². The number of unbranched alkanes of at least 4 members (excludes halogenated alkanes) is 1. The zero-order chi connectivity index (χ0) is 38.9. The van der Waals surface area contributed by atoms with Crippen molar-refractivity contribution >= 4 is 57.0 Å². The van der Waals surface area contributed by atoms with Crippen LogP contribution in [0.3, 0.4) is 0 Å². The lowest BCUT2D eigenvalue weighted by Gasteiger charge is -2.18. The van der Waals surface area contributed by atoms with Gasteiger partial charge in [0.2, 0.25) is 11.6 Å². The molecule has 0 aromatic heterocycles. The van der Waals surface area contributed by atoms with Gasteiger partial charge in [-0.15, -0.1) is 0 Å². The number of carbonyl (C=O) groups is 3. The van der Waals surface area contributed by atoms with Crippen LogP contribution in [-0.4, -0.2) is 59.6 Å². The molecular weight excluding hydrogens is 691 g/mol. The molecule has 4 aromatic rings. The molecule has 1 aliphatic rings. The number of para-hydroxylation sites is 3. The maximum absolute atomic E-state index is 12.3. The Morgan fingerprint density at radius 3 is 1.89 bits per heavy atom. The van der Waals surface area contributed by atoms with E-state index in [1.165, 1.54) is 31.9 Å². The average Bonchev–Trinajstić information content (AvgIpc) is 3.32. The monoisotopic (exact) mass is 737 g/mol. The van der Waals surface area contributed by atoms with E-state index in [4.69, 9.17) is 0 Å². The molecule has 53 heavy (non-hydrogen) atoms. The minimum Gasteiger partial charge on any atom is -0.748 e. The third-order valence-electron chi connectivity index (χ3n) is 8.03. The molecule has 5 rings (SSSR count). The van der Waals surface area contributed by atoms with E-state index in [1.807, 2.05) is 109 Å². The number of carbonyl (C=O) groups excluding carboxylic acids is 3. The number of fused-ring (bicyclic) bond motifs is 1. The molecule has 0 atom stereocenters. The number of allylic oxidation sites excluding steroid dienone is 1. The molecule has 0 fully saturated rings. The van der Waals surface area contributed by atoms with Crippen LogP contribution in [0.15, 0.2) is 133 Å². The topological polar surface area (TPSA) is 136 Å². The third kappa shape index (κ3) is 14.2. The van der Waals surface area contributed by atoms with Crippen LogP contribution in [0, 0.1) is 0 Å². The Morgan fingerprint density at radius 1 is 0.792 bits per heavy atom. The number of benzene rings is 4. The van der Waals surface area contributed by atoms with Crippen molar-refractivity contribution in [2.75, 3.05) is 17.2 Å². The maximum atomic E-state index is 12.3. The number of rotatable bonds is 11. The summed E-state index contributed by atoms with van der Waals surface area (Å²) in [7, 11) is -4.21. The Labute approximate surface area is 312 Å². The summed E-state index contributed by atoms with van der Waals surface area (Å²) in [5.41, 5.74) is 6.03. The highest BCUT2D eigenvalue weighted by Crippen LogP contribution is 2.40. The Balaban J connectivity index is 0.000000282. The van der Waals surface area contributed by atoms with Crippen molar-refractivity contribution in [3.63, 3.8) is 0 Å². The number of hydrogen-bond donors (Lipinski definition) is 0. The maximum Gasteiger partial charge on any atom is 0.310 e. The average molecular weight is 738 g/mol. The molecule has 1 aliphatic heterocycles. The highest BCUT2D eigenvalue weighted by molar-refractivity contribution is 7.85. The number of hydrogen-bond acceptors (Lipinski definition) is 8. The Morgan fingerprint density at radius 2 is 1.34 bits per heavy atom. The van der Waals surface area contributed by atoms with Crippen molar-refractivity contribution in [1.82, 2.24) is 0 Å². The third-order valence-corrected chi connectivity index (χ3v) is 8.82. The first-order chi connectivity index (χ1) is 25.2. The number of esters is 2. The van der Waals surface area contributed by atoms with Crippen molar-refractivity contribution < 1.29 is 36.7 Å². The summed E-state index contributed by atoms with van der Waals surface area (Å²) in [5, 5.41) is 0. The normalized spacial score (nSPS) is 13.0. The van der Waals surface area contributed by atoms with E-state index in [0.29, 0.717) is 19.4 Å². The number of anilines is 1. The van der Waals surface area contributed by atoms with E-state index in [0.717, 1.165) is 29.2 Å². The van der Waals surface area contributed by atoms with Gasteiger partial charge in [0, 0.05) is 75.2 Å². The van der Waals surface area contributed by atoms with Crippen LogP contribution in [0.1, 0.15) is 58.6 Å². The predicted octanol–water partition coefficient (Wildman–Crippen LogP) is 7.68. The Hall–Kier alpha value is -5.52. The van der Waals surface area contributed by atoms with Crippen LogP contribution in [0.5, 0.6) is 0 Å². The van der Waals surface area contributed by atoms with Gasteiger partial charge in [-0.05, 0) is 50.1 Å². The molecule has 0 saturated heterocycles. The molecule has 11 heteroatoms. The summed E-state index contributed by atoms with van der Waals surface area (Å²) in [5.74, 6) is -1.58. The van der Waals surface area contributed by atoms with Crippen LogP contribution in [0.2, 0.25) is 0 Å². The molecule has 0 radical (unpaired) electrons. The van der Waals surface area contributed by atoms with E-state index in [2.05, 4.69) is 46.4 Å². The fourth-order valence-electron chi connectivity index (χ4n) is 5.62. The molecule has 0 N–H and O–H groups in total. The van der Waals surface area contributed by atoms with Crippen LogP contribution in [0.25, 0.3) is 0 Å². The minimum atomic E-state index is -4.21. The standard InChI is InChI=1S/C24H28N2O4S.C14H13N.C4H6O3/c1-19(27)25(20-11-5-4-6-12-20)17-15-23-24(2,3)21-13-7-8-14-22(21)26(23)16-9-10-18-31(28,29)30;1-3-7-13(8-4-1)11-12-15-14-9-5-2-6-10-14;1-3(5)7-4(2)6/h4-8,11-15,17H,9-10,16,18H2,1-3H3;1-10,12H,11H2;1-2H3. The van der Waals surface area contributed by atoms with E-state index in [9.17, 15) is 27.4 Å². The van der Waals surface area contributed by atoms with E-state index < -0.39 is 22.1 Å². The first-order valence-corrected chi connectivity index (χ1v) is 18.8. The first kappa shape index (κ1) is 41.9. The zero-order valence-electron chi connectivity index (χ0n) is 30.8. The fraction of sp³-hybridized carbons (Fsp3) is 0.262. The summed E-state index contributed by atoms with van der Waals surface area (Å²) < 4.78 is 39.0. The highest BCUT2D eigenvalue weighted by Gasteiger charge is 2.44. The fourth-order valence-corrected chi connectivity index (χ4v) is 6.18. The molecule has 278 valence electrons. The minimum absolute atomic E-state index is 0.0939. The number of amides is 1. The quantitative estimate of drug-likeness (QED) is 0.0385. The van der Waals surface area contributed by atoms with Gasteiger partial charge in [0.05, 0.1) is 21.2 Å². The highest BCUT2D eigenvalue weighted by atomic mass is 32.2. The van der Waals surface area contributed by atoms with Gasteiger partial charge >= 0.3 is 11.9 Å². The lowest BCUT2D eigenvalue weighted by atomic mass is 9.81. The number of aliphatic imine (C=N–C) groups is 1. The second-order valence-electron chi connectivity index (χ2n) is 12.6. The lowest BCUT2D eigenvalue weighted by Crippen LogP contribution is -2.29. The molecule has 0 bridgehead atoms. The van der Waals surface area contributed by atoms with Crippen molar-refractivity contribution in [2.45, 2.75) is 59.3 Å². The van der Waals surface area contributed by atoms with E-state index >= 15 is 0 Å². The molecule has 0 aliphatic carbocycles. The molecule has 1 heterocycles.